The van der Waals surface area contributed by atoms with Gasteiger partial charge in [0.1, 0.15) is 11.3 Å². The van der Waals surface area contributed by atoms with Crippen LogP contribution in [0.5, 0.6) is 0 Å². The van der Waals surface area contributed by atoms with E-state index < -0.39 is 24.1 Å². The van der Waals surface area contributed by atoms with Crippen molar-refractivity contribution in [3.63, 3.8) is 0 Å². The minimum Gasteiger partial charge on any atom is -0.479 e. The summed E-state index contributed by atoms with van der Waals surface area (Å²) in [5.41, 5.74) is 12.2. The predicted octanol–water partition coefficient (Wildman–Crippen LogP) is 4.38. The standard InChI is InChI=1S/2C19H21N3O.C4H6O6/c2*1-13-5-8-15(9-6-13)19-16(11-18(23)21(3)4)22-12-14(2)7-10-17(22)20-19;5-1(3(7)8)2(6)4(9)10/h2*5-10,12H,11H2,1-4H3;1-2,5-6H,(H,7,8)(H,9,10). The number of aliphatic hydroxyl groups is 2. The molecular weight excluding hydrogens is 716 g/mol. The number of hydrogen-bond acceptors (Lipinski definition) is 8. The van der Waals surface area contributed by atoms with E-state index in [4.69, 9.17) is 30.4 Å². The van der Waals surface area contributed by atoms with Crippen molar-refractivity contribution in [3.8, 4) is 22.5 Å². The van der Waals surface area contributed by atoms with Crippen molar-refractivity contribution in [3.05, 3.63) is 119 Å². The highest BCUT2D eigenvalue weighted by atomic mass is 16.4. The number of carboxylic acid groups (broad SMARTS) is 2. The van der Waals surface area contributed by atoms with Crippen LogP contribution in [-0.4, -0.2) is 113 Å². The average molecular weight is 765 g/mol. The number of rotatable bonds is 9. The van der Waals surface area contributed by atoms with E-state index in [1.165, 1.54) is 11.1 Å². The van der Waals surface area contributed by atoms with Crippen molar-refractivity contribution < 1.29 is 39.6 Å². The molecule has 2 amide bonds. The Hall–Kier alpha value is -6.38. The van der Waals surface area contributed by atoms with Crippen LogP contribution in [0.25, 0.3) is 33.8 Å². The molecule has 2 atom stereocenters. The van der Waals surface area contributed by atoms with Crippen molar-refractivity contribution in [2.75, 3.05) is 28.2 Å². The molecule has 14 heteroatoms. The smallest absolute Gasteiger partial charge is 0.335 e. The molecule has 0 aliphatic heterocycles. The number of pyridine rings is 2. The number of imidazole rings is 2. The summed E-state index contributed by atoms with van der Waals surface area (Å²) >= 11 is 0. The van der Waals surface area contributed by atoms with Gasteiger partial charge in [-0.05, 0) is 51.0 Å². The molecule has 0 saturated heterocycles. The third-order valence-corrected chi connectivity index (χ3v) is 8.82. The first-order valence-electron chi connectivity index (χ1n) is 17.7. The molecule has 6 aromatic rings. The first kappa shape index (κ1) is 42.4. The fourth-order valence-electron chi connectivity index (χ4n) is 5.49. The Morgan fingerprint density at radius 2 is 0.839 bits per heavy atom. The quantitative estimate of drug-likeness (QED) is 0.165. The number of aliphatic carboxylic acids is 2. The molecule has 4 heterocycles. The van der Waals surface area contributed by atoms with E-state index in [-0.39, 0.29) is 11.8 Å². The summed E-state index contributed by atoms with van der Waals surface area (Å²) in [6.45, 7) is 8.21. The summed E-state index contributed by atoms with van der Waals surface area (Å²) in [7, 11) is 7.12. The number of aliphatic hydroxyl groups excluding tert-OH is 2. The maximum Gasteiger partial charge on any atom is 0.335 e. The first-order valence-corrected chi connectivity index (χ1v) is 17.7. The summed E-state index contributed by atoms with van der Waals surface area (Å²) in [5.74, 6) is -3.40. The number of aromatic nitrogens is 4. The Kier molecular flexibility index (Phi) is 13.8. The van der Waals surface area contributed by atoms with Crippen LogP contribution in [0.15, 0.2) is 85.2 Å². The van der Waals surface area contributed by atoms with Gasteiger partial charge in [-0.25, -0.2) is 19.6 Å². The van der Waals surface area contributed by atoms with E-state index in [1.807, 2.05) is 59.3 Å². The van der Waals surface area contributed by atoms with Gasteiger partial charge in [-0.2, -0.15) is 0 Å². The highest BCUT2D eigenvalue weighted by molar-refractivity contribution is 5.83. The molecule has 0 fully saturated rings. The van der Waals surface area contributed by atoms with Crippen LogP contribution < -0.4 is 0 Å². The summed E-state index contributed by atoms with van der Waals surface area (Å²) in [4.78, 5) is 56.8. The molecule has 0 radical (unpaired) electrons. The summed E-state index contributed by atoms with van der Waals surface area (Å²) in [6, 6.07) is 24.6. The second-order valence-electron chi connectivity index (χ2n) is 13.9. The Labute approximate surface area is 324 Å². The van der Waals surface area contributed by atoms with Gasteiger partial charge in [-0.15, -0.1) is 0 Å². The summed E-state index contributed by atoms with van der Waals surface area (Å²) < 4.78 is 4.07. The maximum atomic E-state index is 12.3. The van der Waals surface area contributed by atoms with Gasteiger partial charge >= 0.3 is 11.9 Å². The third kappa shape index (κ3) is 10.4. The second-order valence-corrected chi connectivity index (χ2v) is 13.9. The number of carbonyl (C=O) groups is 4. The molecule has 6 rings (SSSR count). The average Bonchev–Trinajstić information content (AvgIpc) is 3.69. The van der Waals surface area contributed by atoms with Crippen molar-refractivity contribution in [1.82, 2.24) is 28.6 Å². The predicted molar refractivity (Wildman–Crippen MR) is 212 cm³/mol. The Balaban J connectivity index is 0.000000202. The SMILES string of the molecule is Cc1ccc(-c2nc3ccc(C)cn3c2CC(=O)N(C)C)cc1.Cc1ccc(-c2nc3ccc(C)cn3c2CC(=O)N(C)C)cc1.O=C(O)C(O)C(O)C(=O)O. The highest BCUT2D eigenvalue weighted by Gasteiger charge is 2.29. The number of aryl methyl sites for hydroxylation is 4. The molecule has 0 spiro atoms. The van der Waals surface area contributed by atoms with Gasteiger partial charge in [-0.3, -0.25) is 9.59 Å². The fourth-order valence-corrected chi connectivity index (χ4v) is 5.49. The van der Waals surface area contributed by atoms with E-state index >= 15 is 0 Å². The van der Waals surface area contributed by atoms with Crippen LogP contribution in [0.3, 0.4) is 0 Å². The third-order valence-electron chi connectivity index (χ3n) is 8.82. The van der Waals surface area contributed by atoms with Crippen molar-refractivity contribution in [2.45, 2.75) is 52.7 Å². The van der Waals surface area contributed by atoms with E-state index in [0.29, 0.717) is 12.8 Å². The molecule has 0 bridgehead atoms. The number of hydrogen-bond donors (Lipinski definition) is 4. The van der Waals surface area contributed by atoms with Gasteiger partial charge in [0, 0.05) is 51.7 Å². The van der Waals surface area contributed by atoms with Crippen molar-refractivity contribution in [1.29, 1.82) is 0 Å². The lowest BCUT2D eigenvalue weighted by atomic mass is 10.1. The molecule has 0 aliphatic carbocycles. The number of benzene rings is 2. The molecule has 2 aromatic carbocycles. The molecule has 14 nitrogen and oxygen atoms in total. The lowest BCUT2D eigenvalue weighted by Gasteiger charge is -2.11. The number of nitrogens with zero attached hydrogens (tertiary/aromatic N) is 6. The molecular formula is C42H48N6O8. The molecule has 294 valence electrons. The fraction of sp³-hybridized carbons (Fsp3) is 0.286. The lowest BCUT2D eigenvalue weighted by Crippen LogP contribution is -2.39. The zero-order valence-electron chi connectivity index (χ0n) is 32.8. The van der Waals surface area contributed by atoms with E-state index in [1.54, 1.807) is 38.0 Å². The topological polar surface area (TPSA) is 190 Å². The molecule has 4 N–H and O–H groups in total. The molecule has 2 unspecified atom stereocenters. The van der Waals surface area contributed by atoms with Gasteiger partial charge in [0.05, 0.1) is 35.6 Å². The second kappa shape index (κ2) is 18.3. The molecule has 56 heavy (non-hydrogen) atoms. The number of carbonyl (C=O) groups excluding carboxylic acids is 2. The Bertz CT molecular complexity index is 2180. The van der Waals surface area contributed by atoms with E-state index in [2.05, 4.69) is 62.4 Å². The monoisotopic (exact) mass is 764 g/mol. The molecule has 0 aliphatic rings. The van der Waals surface area contributed by atoms with Crippen molar-refractivity contribution in [2.24, 2.45) is 0 Å². The van der Waals surface area contributed by atoms with Gasteiger partial charge in [0.25, 0.3) is 0 Å². The van der Waals surface area contributed by atoms with Gasteiger partial charge in [0.15, 0.2) is 12.2 Å². The largest absolute Gasteiger partial charge is 0.479 e. The lowest BCUT2D eigenvalue weighted by molar-refractivity contribution is -0.165. The molecule has 0 saturated carbocycles. The summed E-state index contributed by atoms with van der Waals surface area (Å²) in [5, 5.41) is 32.5. The van der Waals surface area contributed by atoms with E-state index in [9.17, 15) is 19.2 Å². The van der Waals surface area contributed by atoms with Crippen LogP contribution >= 0.6 is 0 Å². The maximum absolute atomic E-state index is 12.3. The molecule has 4 aromatic heterocycles. The number of likely N-dealkylation sites (N-methyl/N-ethyl adjacent to an activating group) is 2. The first-order chi connectivity index (χ1) is 26.4. The Morgan fingerprint density at radius 3 is 1.12 bits per heavy atom. The highest BCUT2D eigenvalue weighted by Crippen LogP contribution is 2.27. The van der Waals surface area contributed by atoms with Gasteiger partial charge in [-0.1, -0.05) is 71.8 Å². The van der Waals surface area contributed by atoms with Crippen LogP contribution in [0, 0.1) is 27.7 Å². The van der Waals surface area contributed by atoms with Gasteiger partial charge < -0.3 is 39.0 Å². The van der Waals surface area contributed by atoms with E-state index in [0.717, 1.165) is 56.3 Å². The number of carboxylic acids is 2. The van der Waals surface area contributed by atoms with Crippen molar-refractivity contribution >= 4 is 35.0 Å². The normalized spacial score (nSPS) is 11.8. The Morgan fingerprint density at radius 1 is 0.536 bits per heavy atom. The minimum absolute atomic E-state index is 0.0710. The van der Waals surface area contributed by atoms with Crippen LogP contribution in [0.1, 0.15) is 33.6 Å². The number of amides is 2. The zero-order chi connectivity index (χ0) is 41.4. The summed E-state index contributed by atoms with van der Waals surface area (Å²) in [6.07, 6.45) is 0.216. The minimum atomic E-state index is -2.27. The van der Waals surface area contributed by atoms with Crippen LogP contribution in [0.2, 0.25) is 0 Å². The number of fused-ring (bicyclic) bond motifs is 2. The van der Waals surface area contributed by atoms with Crippen LogP contribution in [0.4, 0.5) is 0 Å². The zero-order valence-corrected chi connectivity index (χ0v) is 32.8. The van der Waals surface area contributed by atoms with Gasteiger partial charge in [0.2, 0.25) is 11.8 Å². The van der Waals surface area contributed by atoms with Crippen LogP contribution in [-0.2, 0) is 32.0 Å².